The van der Waals surface area contributed by atoms with Crippen LogP contribution in [0.2, 0.25) is 5.02 Å². The van der Waals surface area contributed by atoms with E-state index in [1.807, 2.05) is 43.3 Å². The molecule has 0 bridgehead atoms. The first-order valence-electron chi connectivity index (χ1n) is 12.4. The molecule has 1 aliphatic heterocycles. The molecule has 0 radical (unpaired) electrons. The number of nitrogens with zero attached hydrogens (tertiary/aromatic N) is 3. The molecule has 198 valence electrons. The largest absolute Gasteiger partial charge is 0.467 e. The molecule has 0 spiro atoms. The zero-order valence-electron chi connectivity index (χ0n) is 21.0. The zero-order valence-corrected chi connectivity index (χ0v) is 23.4. The van der Waals surface area contributed by atoms with E-state index >= 15 is 0 Å². The molecule has 0 saturated heterocycles. The van der Waals surface area contributed by atoms with E-state index in [1.165, 1.54) is 33.3 Å². The molecule has 3 aromatic carbocycles. The highest BCUT2D eigenvalue weighted by molar-refractivity contribution is 7.89. The van der Waals surface area contributed by atoms with E-state index < -0.39 is 10.0 Å². The summed E-state index contributed by atoms with van der Waals surface area (Å²) >= 11 is 7.68. The van der Waals surface area contributed by atoms with Gasteiger partial charge in [0.2, 0.25) is 10.0 Å². The predicted octanol–water partition coefficient (Wildman–Crippen LogP) is 6.45. The van der Waals surface area contributed by atoms with Crippen molar-refractivity contribution in [1.82, 2.24) is 9.29 Å². The maximum absolute atomic E-state index is 13.8. The van der Waals surface area contributed by atoms with Gasteiger partial charge in [-0.1, -0.05) is 47.2 Å². The van der Waals surface area contributed by atoms with Crippen LogP contribution in [-0.4, -0.2) is 30.2 Å². The monoisotopic (exact) mass is 577 g/mol. The number of furan rings is 1. The summed E-state index contributed by atoms with van der Waals surface area (Å²) in [5.41, 5.74) is 4.12. The van der Waals surface area contributed by atoms with Crippen molar-refractivity contribution >= 4 is 54.2 Å². The van der Waals surface area contributed by atoms with Crippen molar-refractivity contribution in [3.05, 3.63) is 112 Å². The SMILES string of the molecule is Cc1c(Cl)ccc2sc(N(Cc3ccco3)C(=O)c3ccc(S(=O)(=O)N4CCc5ccccc5C4)cc3)nc12. The number of hydrogen-bond donors (Lipinski definition) is 0. The molecule has 0 aliphatic carbocycles. The number of rotatable bonds is 6. The Labute approximate surface area is 235 Å². The molecule has 0 fully saturated rings. The second-order valence-corrected chi connectivity index (χ2v) is 12.7. The normalized spacial score (nSPS) is 13.9. The number of thiazole rings is 1. The predicted molar refractivity (Wildman–Crippen MR) is 153 cm³/mol. The van der Waals surface area contributed by atoms with Crippen LogP contribution in [0.25, 0.3) is 10.2 Å². The van der Waals surface area contributed by atoms with Gasteiger partial charge in [-0.15, -0.1) is 0 Å². The van der Waals surface area contributed by atoms with Crippen molar-refractivity contribution in [2.75, 3.05) is 11.4 Å². The van der Waals surface area contributed by atoms with Gasteiger partial charge in [0, 0.05) is 23.7 Å². The molecule has 3 heterocycles. The van der Waals surface area contributed by atoms with Gasteiger partial charge in [-0.3, -0.25) is 9.69 Å². The molecular formula is C29H24ClN3O4S2. The van der Waals surface area contributed by atoms with Crippen molar-refractivity contribution in [2.24, 2.45) is 0 Å². The molecule has 0 unspecified atom stereocenters. The second kappa shape index (κ2) is 10.2. The molecule has 0 saturated carbocycles. The molecule has 5 aromatic rings. The third-order valence-electron chi connectivity index (χ3n) is 6.94. The summed E-state index contributed by atoms with van der Waals surface area (Å²) in [5, 5.41) is 1.11. The number of anilines is 1. The van der Waals surface area contributed by atoms with Crippen LogP contribution >= 0.6 is 22.9 Å². The van der Waals surface area contributed by atoms with E-state index in [0.29, 0.717) is 41.0 Å². The van der Waals surface area contributed by atoms with E-state index in [1.54, 1.807) is 35.4 Å². The number of hydrogen-bond acceptors (Lipinski definition) is 6. The third kappa shape index (κ3) is 4.87. The first-order chi connectivity index (χ1) is 18.8. The van der Waals surface area contributed by atoms with E-state index in [0.717, 1.165) is 21.3 Å². The zero-order chi connectivity index (χ0) is 27.1. The van der Waals surface area contributed by atoms with Crippen LogP contribution < -0.4 is 4.90 Å². The lowest BCUT2D eigenvalue weighted by molar-refractivity contribution is 0.0983. The Bertz CT molecular complexity index is 1780. The lowest BCUT2D eigenvalue weighted by atomic mass is 10.0. The summed E-state index contributed by atoms with van der Waals surface area (Å²) < 4.78 is 34.7. The number of aromatic nitrogens is 1. The van der Waals surface area contributed by atoms with Gasteiger partial charge in [-0.25, -0.2) is 13.4 Å². The van der Waals surface area contributed by atoms with Crippen LogP contribution in [0.4, 0.5) is 5.13 Å². The summed E-state index contributed by atoms with van der Waals surface area (Å²) in [5.74, 6) is 0.284. The number of halogens is 1. The Balaban J connectivity index is 1.30. The molecule has 6 rings (SSSR count). The number of aryl methyl sites for hydroxylation is 1. The molecule has 10 heteroatoms. The summed E-state index contributed by atoms with van der Waals surface area (Å²) in [6.07, 6.45) is 2.22. The Kier molecular flexibility index (Phi) is 6.76. The second-order valence-electron chi connectivity index (χ2n) is 9.37. The molecule has 7 nitrogen and oxygen atoms in total. The number of amides is 1. The standard InChI is InChI=1S/C29H24ClN3O4S2/c1-19-25(30)12-13-26-27(19)31-29(38-26)33(18-23-7-4-16-37-23)28(34)21-8-10-24(11-9-21)39(35,36)32-15-14-20-5-2-3-6-22(20)17-32/h2-13,16H,14-15,17-18H2,1H3. The van der Waals surface area contributed by atoms with Crippen molar-refractivity contribution in [3.8, 4) is 0 Å². The van der Waals surface area contributed by atoms with Crippen LogP contribution in [0.15, 0.2) is 88.4 Å². The van der Waals surface area contributed by atoms with Crippen LogP contribution in [0.5, 0.6) is 0 Å². The molecule has 0 atom stereocenters. The van der Waals surface area contributed by atoms with Gasteiger partial charge in [0.15, 0.2) is 5.13 Å². The fourth-order valence-corrected chi connectivity index (χ4v) is 7.33. The first kappa shape index (κ1) is 25.8. The minimum atomic E-state index is -3.72. The van der Waals surface area contributed by atoms with E-state index in [2.05, 4.69) is 0 Å². The molecule has 2 aromatic heterocycles. The fraction of sp³-hybridized carbons (Fsp3) is 0.172. The Morgan fingerprint density at radius 1 is 1.05 bits per heavy atom. The van der Waals surface area contributed by atoms with Gasteiger partial charge < -0.3 is 4.42 Å². The minimum Gasteiger partial charge on any atom is -0.467 e. The highest BCUT2D eigenvalue weighted by Gasteiger charge is 2.29. The molecular weight excluding hydrogens is 554 g/mol. The number of sulfonamides is 1. The number of fused-ring (bicyclic) bond motifs is 2. The molecule has 1 aliphatic rings. The minimum absolute atomic E-state index is 0.154. The van der Waals surface area contributed by atoms with Crippen LogP contribution in [0, 0.1) is 6.92 Å². The van der Waals surface area contributed by atoms with Gasteiger partial charge in [-0.05, 0) is 78.6 Å². The maximum Gasteiger partial charge on any atom is 0.260 e. The Morgan fingerprint density at radius 2 is 1.82 bits per heavy atom. The highest BCUT2D eigenvalue weighted by atomic mass is 35.5. The van der Waals surface area contributed by atoms with Gasteiger partial charge in [0.05, 0.1) is 27.9 Å². The summed E-state index contributed by atoms with van der Waals surface area (Å²) in [6.45, 7) is 2.81. The molecule has 1 amide bonds. The third-order valence-corrected chi connectivity index (χ3v) is 10.3. The van der Waals surface area contributed by atoms with Gasteiger partial charge in [0.25, 0.3) is 5.91 Å². The van der Waals surface area contributed by atoms with Gasteiger partial charge in [0.1, 0.15) is 5.76 Å². The number of carbonyl (C=O) groups excluding carboxylic acids is 1. The van der Waals surface area contributed by atoms with Crippen LogP contribution in [-0.2, 0) is 29.5 Å². The number of benzene rings is 3. The quantitative estimate of drug-likeness (QED) is 0.232. The first-order valence-corrected chi connectivity index (χ1v) is 15.0. The highest BCUT2D eigenvalue weighted by Crippen LogP contribution is 2.35. The van der Waals surface area contributed by atoms with E-state index in [9.17, 15) is 13.2 Å². The average Bonchev–Trinajstić information content (AvgIpc) is 3.63. The van der Waals surface area contributed by atoms with Crippen molar-refractivity contribution in [2.45, 2.75) is 31.3 Å². The summed E-state index contributed by atoms with van der Waals surface area (Å²) in [4.78, 5) is 20.2. The van der Waals surface area contributed by atoms with Crippen molar-refractivity contribution in [1.29, 1.82) is 0 Å². The fourth-order valence-electron chi connectivity index (χ4n) is 4.74. The van der Waals surface area contributed by atoms with Crippen molar-refractivity contribution in [3.63, 3.8) is 0 Å². The topological polar surface area (TPSA) is 83.7 Å². The van der Waals surface area contributed by atoms with Crippen molar-refractivity contribution < 1.29 is 17.6 Å². The van der Waals surface area contributed by atoms with Crippen LogP contribution in [0.1, 0.15) is 32.8 Å². The lowest BCUT2D eigenvalue weighted by Crippen LogP contribution is -2.36. The summed E-state index contributed by atoms with van der Waals surface area (Å²) in [6, 6.07) is 21.3. The van der Waals surface area contributed by atoms with Gasteiger partial charge in [-0.2, -0.15) is 4.31 Å². The van der Waals surface area contributed by atoms with E-state index in [-0.39, 0.29) is 17.3 Å². The Hall–Kier alpha value is -3.50. The molecule has 39 heavy (non-hydrogen) atoms. The van der Waals surface area contributed by atoms with Gasteiger partial charge >= 0.3 is 0 Å². The van der Waals surface area contributed by atoms with E-state index in [4.69, 9.17) is 21.0 Å². The molecule has 0 N–H and O–H groups in total. The Morgan fingerprint density at radius 3 is 2.56 bits per heavy atom. The summed E-state index contributed by atoms with van der Waals surface area (Å²) in [7, 11) is -3.72. The smallest absolute Gasteiger partial charge is 0.260 e. The number of carbonyl (C=O) groups is 1. The van der Waals surface area contributed by atoms with Crippen LogP contribution in [0.3, 0.4) is 0 Å². The maximum atomic E-state index is 13.8. The lowest BCUT2D eigenvalue weighted by Gasteiger charge is -2.28. The average molecular weight is 578 g/mol.